The molecule has 98 valence electrons. The Hall–Kier alpha value is -1.10. The molecule has 1 amide bonds. The van der Waals surface area contributed by atoms with E-state index in [1.54, 1.807) is 7.05 Å². The average molecular weight is 269 g/mol. The fourth-order valence-corrected chi connectivity index (χ4v) is 2.14. The Morgan fingerprint density at radius 1 is 1.50 bits per heavy atom. The van der Waals surface area contributed by atoms with Crippen molar-refractivity contribution in [3.8, 4) is 0 Å². The highest BCUT2D eigenvalue weighted by Crippen LogP contribution is 2.23. The van der Waals surface area contributed by atoms with Gasteiger partial charge >= 0.3 is 0 Å². The van der Waals surface area contributed by atoms with E-state index >= 15 is 0 Å². The minimum absolute atomic E-state index is 0.0585. The Morgan fingerprint density at radius 3 is 2.89 bits per heavy atom. The van der Waals surface area contributed by atoms with Gasteiger partial charge in [0.15, 0.2) is 0 Å². The van der Waals surface area contributed by atoms with Crippen molar-refractivity contribution in [1.82, 2.24) is 10.2 Å². The number of morpholine rings is 1. The average Bonchev–Trinajstić information content (AvgIpc) is 2.40. The zero-order chi connectivity index (χ0) is 13.0. The molecule has 0 spiro atoms. The molecule has 1 aliphatic heterocycles. The van der Waals surface area contributed by atoms with E-state index in [0.717, 1.165) is 5.56 Å². The van der Waals surface area contributed by atoms with Crippen LogP contribution in [0.2, 0.25) is 5.02 Å². The van der Waals surface area contributed by atoms with Crippen molar-refractivity contribution in [3.63, 3.8) is 0 Å². The van der Waals surface area contributed by atoms with Crippen LogP contribution in [0.1, 0.15) is 11.7 Å². The molecule has 0 aliphatic carbocycles. The number of nitrogens with zero attached hydrogens (tertiary/aromatic N) is 1. The molecule has 18 heavy (non-hydrogen) atoms. The number of halogens is 1. The number of benzene rings is 1. The molecule has 1 saturated heterocycles. The summed E-state index contributed by atoms with van der Waals surface area (Å²) in [5, 5.41) is 3.58. The first-order valence-corrected chi connectivity index (χ1v) is 6.38. The lowest BCUT2D eigenvalue weighted by Crippen LogP contribution is -2.45. The number of hydrogen-bond donors (Lipinski definition) is 1. The molecule has 0 bridgehead atoms. The van der Waals surface area contributed by atoms with Crippen molar-refractivity contribution >= 4 is 17.5 Å². The van der Waals surface area contributed by atoms with Crippen molar-refractivity contribution in [1.29, 1.82) is 0 Å². The molecule has 1 fully saturated rings. The SMILES string of the molecule is CNCC(=O)N1CCO[C@H](c2ccc(Cl)cc2)C1. The van der Waals surface area contributed by atoms with Crippen LogP contribution < -0.4 is 5.32 Å². The van der Waals surface area contributed by atoms with Crippen LogP contribution in [0.4, 0.5) is 0 Å². The van der Waals surface area contributed by atoms with E-state index in [4.69, 9.17) is 16.3 Å². The number of carbonyl (C=O) groups excluding carboxylic acids is 1. The minimum Gasteiger partial charge on any atom is -0.370 e. The van der Waals surface area contributed by atoms with Crippen molar-refractivity contribution in [3.05, 3.63) is 34.9 Å². The van der Waals surface area contributed by atoms with Crippen molar-refractivity contribution < 1.29 is 9.53 Å². The van der Waals surface area contributed by atoms with E-state index in [2.05, 4.69) is 5.32 Å². The van der Waals surface area contributed by atoms with Crippen molar-refractivity contribution in [2.75, 3.05) is 33.3 Å². The standard InChI is InChI=1S/C13H17ClN2O2/c1-15-8-13(17)16-6-7-18-12(9-16)10-2-4-11(14)5-3-10/h2-5,12,15H,6-9H2,1H3/t12-/m0/s1. The van der Waals surface area contributed by atoms with Gasteiger partial charge in [-0.15, -0.1) is 0 Å². The van der Waals surface area contributed by atoms with Crippen LogP contribution in [-0.4, -0.2) is 44.1 Å². The smallest absolute Gasteiger partial charge is 0.236 e. The first kappa shape index (κ1) is 13.3. The van der Waals surface area contributed by atoms with Crippen LogP contribution in [0.3, 0.4) is 0 Å². The third-order valence-corrected chi connectivity index (χ3v) is 3.24. The largest absolute Gasteiger partial charge is 0.370 e. The number of amides is 1. The molecule has 0 radical (unpaired) electrons. The zero-order valence-corrected chi connectivity index (χ0v) is 11.1. The van der Waals surface area contributed by atoms with E-state index in [-0.39, 0.29) is 12.0 Å². The summed E-state index contributed by atoms with van der Waals surface area (Å²) in [7, 11) is 1.77. The summed E-state index contributed by atoms with van der Waals surface area (Å²) in [6.07, 6.45) is -0.0585. The van der Waals surface area contributed by atoms with Crippen LogP contribution in [0.25, 0.3) is 0 Å². The molecule has 1 atom stereocenters. The van der Waals surface area contributed by atoms with Gasteiger partial charge in [-0.2, -0.15) is 0 Å². The van der Waals surface area contributed by atoms with E-state index in [9.17, 15) is 4.79 Å². The third kappa shape index (κ3) is 3.22. The van der Waals surface area contributed by atoms with Crippen LogP contribution in [0.5, 0.6) is 0 Å². The molecular weight excluding hydrogens is 252 g/mol. The van der Waals surface area contributed by atoms with E-state index in [0.29, 0.717) is 31.3 Å². The molecule has 0 unspecified atom stereocenters. The topological polar surface area (TPSA) is 41.6 Å². The van der Waals surface area contributed by atoms with Crippen LogP contribution in [0, 0.1) is 0 Å². The normalized spacial score (nSPS) is 19.9. The number of rotatable bonds is 3. The second kappa shape index (κ2) is 6.18. The van der Waals surface area contributed by atoms with Gasteiger partial charge in [0, 0.05) is 11.6 Å². The molecule has 4 nitrogen and oxygen atoms in total. The lowest BCUT2D eigenvalue weighted by Gasteiger charge is -2.33. The predicted octanol–water partition coefficient (Wildman–Crippen LogP) is 1.46. The first-order valence-electron chi connectivity index (χ1n) is 6.00. The predicted molar refractivity (Wildman–Crippen MR) is 70.7 cm³/mol. The lowest BCUT2D eigenvalue weighted by atomic mass is 10.1. The first-order chi connectivity index (χ1) is 8.70. The van der Waals surface area contributed by atoms with Crippen LogP contribution in [0.15, 0.2) is 24.3 Å². The van der Waals surface area contributed by atoms with Crippen LogP contribution in [-0.2, 0) is 9.53 Å². The lowest BCUT2D eigenvalue weighted by molar-refractivity contribution is -0.137. The number of nitrogens with one attached hydrogen (secondary N) is 1. The van der Waals surface area contributed by atoms with E-state index in [1.807, 2.05) is 29.2 Å². The molecule has 1 N–H and O–H groups in total. The summed E-state index contributed by atoms with van der Waals surface area (Å²) < 4.78 is 5.71. The summed E-state index contributed by atoms with van der Waals surface area (Å²) >= 11 is 5.86. The highest BCUT2D eigenvalue weighted by molar-refractivity contribution is 6.30. The fourth-order valence-electron chi connectivity index (χ4n) is 2.02. The monoisotopic (exact) mass is 268 g/mol. The molecule has 5 heteroatoms. The molecule has 1 aliphatic rings. The Bertz CT molecular complexity index is 408. The van der Waals surface area contributed by atoms with E-state index in [1.165, 1.54) is 0 Å². The number of ether oxygens (including phenoxy) is 1. The van der Waals surface area contributed by atoms with Crippen molar-refractivity contribution in [2.45, 2.75) is 6.10 Å². The second-order valence-electron chi connectivity index (χ2n) is 4.28. The van der Waals surface area contributed by atoms with Gasteiger partial charge in [0.1, 0.15) is 6.10 Å². The fraction of sp³-hybridized carbons (Fsp3) is 0.462. The quantitative estimate of drug-likeness (QED) is 0.902. The van der Waals surface area contributed by atoms with Gasteiger partial charge in [-0.3, -0.25) is 4.79 Å². The van der Waals surface area contributed by atoms with E-state index < -0.39 is 0 Å². The van der Waals surface area contributed by atoms with Crippen molar-refractivity contribution in [2.24, 2.45) is 0 Å². The Labute approximate surface area is 112 Å². The second-order valence-corrected chi connectivity index (χ2v) is 4.72. The summed E-state index contributed by atoms with van der Waals surface area (Å²) in [6.45, 7) is 2.20. The number of carbonyl (C=O) groups is 1. The maximum absolute atomic E-state index is 11.8. The van der Waals surface area contributed by atoms with Gasteiger partial charge in [0.2, 0.25) is 5.91 Å². The third-order valence-electron chi connectivity index (χ3n) is 2.99. The Balaban J connectivity index is 2.02. The van der Waals surface area contributed by atoms with Gasteiger partial charge in [-0.1, -0.05) is 23.7 Å². The Morgan fingerprint density at radius 2 is 2.22 bits per heavy atom. The van der Waals surface area contributed by atoms with Crippen LogP contribution >= 0.6 is 11.6 Å². The van der Waals surface area contributed by atoms with Gasteiger partial charge in [0.05, 0.1) is 19.7 Å². The molecular formula is C13H17ClN2O2. The molecule has 0 aromatic heterocycles. The highest BCUT2D eigenvalue weighted by Gasteiger charge is 2.24. The highest BCUT2D eigenvalue weighted by atomic mass is 35.5. The molecule has 0 saturated carbocycles. The molecule has 1 aromatic rings. The molecule has 1 aromatic carbocycles. The van der Waals surface area contributed by atoms with Gasteiger partial charge in [-0.05, 0) is 24.7 Å². The summed E-state index contributed by atoms with van der Waals surface area (Å²) in [5.41, 5.74) is 1.06. The maximum atomic E-state index is 11.8. The summed E-state index contributed by atoms with van der Waals surface area (Å²) in [5.74, 6) is 0.111. The summed E-state index contributed by atoms with van der Waals surface area (Å²) in [6, 6.07) is 7.57. The number of likely N-dealkylation sites (N-methyl/N-ethyl adjacent to an activating group) is 1. The number of hydrogen-bond acceptors (Lipinski definition) is 3. The molecule has 2 rings (SSSR count). The zero-order valence-electron chi connectivity index (χ0n) is 10.4. The van der Waals surface area contributed by atoms with Gasteiger partial charge in [0.25, 0.3) is 0 Å². The summed E-state index contributed by atoms with van der Waals surface area (Å²) in [4.78, 5) is 13.6. The maximum Gasteiger partial charge on any atom is 0.236 e. The Kier molecular flexibility index (Phi) is 4.58. The minimum atomic E-state index is -0.0585. The van der Waals surface area contributed by atoms with Gasteiger partial charge in [-0.25, -0.2) is 0 Å². The van der Waals surface area contributed by atoms with Gasteiger partial charge < -0.3 is 15.0 Å². The molecule has 1 heterocycles.